The van der Waals surface area contributed by atoms with E-state index >= 15 is 0 Å². The van der Waals surface area contributed by atoms with E-state index in [4.69, 9.17) is 16.9 Å². The summed E-state index contributed by atoms with van der Waals surface area (Å²) >= 11 is 6.02. The van der Waals surface area contributed by atoms with Gasteiger partial charge in [-0.15, -0.1) is 0 Å². The second-order valence-corrected chi connectivity index (χ2v) is 5.69. The highest BCUT2D eigenvalue weighted by molar-refractivity contribution is 6.31. The lowest BCUT2D eigenvalue weighted by molar-refractivity contribution is -0.121. The molecule has 1 amide bonds. The van der Waals surface area contributed by atoms with Crippen molar-refractivity contribution >= 4 is 23.2 Å². The monoisotopic (exact) mass is 293 g/mol. The van der Waals surface area contributed by atoms with Gasteiger partial charge in [0.15, 0.2) is 0 Å². The van der Waals surface area contributed by atoms with E-state index in [1.165, 1.54) is 0 Å². The zero-order valence-corrected chi connectivity index (χ0v) is 13.0. The summed E-state index contributed by atoms with van der Waals surface area (Å²) in [7, 11) is 0. The molecule has 0 heterocycles. The number of anilines is 1. The maximum absolute atomic E-state index is 11.9. The highest BCUT2D eigenvalue weighted by Crippen LogP contribution is 2.22. The van der Waals surface area contributed by atoms with Gasteiger partial charge < -0.3 is 10.6 Å². The Morgan fingerprint density at radius 1 is 1.50 bits per heavy atom. The first-order valence-corrected chi connectivity index (χ1v) is 6.89. The molecule has 0 aromatic heterocycles. The van der Waals surface area contributed by atoms with Gasteiger partial charge in [-0.3, -0.25) is 4.79 Å². The average Bonchev–Trinajstić information content (AvgIpc) is 2.40. The van der Waals surface area contributed by atoms with Gasteiger partial charge in [-0.1, -0.05) is 31.5 Å². The molecule has 2 N–H and O–H groups in total. The number of nitrogens with one attached hydrogen (secondary N) is 2. The second-order valence-electron chi connectivity index (χ2n) is 5.28. The molecule has 5 heteroatoms. The van der Waals surface area contributed by atoms with Gasteiger partial charge in [-0.05, 0) is 37.5 Å². The lowest BCUT2D eigenvalue weighted by Crippen LogP contribution is -2.50. The molecule has 0 aliphatic heterocycles. The molecule has 0 spiro atoms. The van der Waals surface area contributed by atoms with Crippen LogP contribution in [0.15, 0.2) is 18.2 Å². The number of benzene rings is 1. The standard InChI is InChI=1S/C15H20ClN3O/c1-10(2)15(4,9-17)19-14(20)8-18-13-7-5-6-12(16)11(13)3/h5-7,10,18H,8H2,1-4H3,(H,19,20). The average molecular weight is 294 g/mol. The fraction of sp³-hybridized carbons (Fsp3) is 0.467. The fourth-order valence-corrected chi connectivity index (χ4v) is 1.78. The van der Waals surface area contributed by atoms with Gasteiger partial charge in [0.2, 0.25) is 5.91 Å². The van der Waals surface area contributed by atoms with Crippen molar-refractivity contribution in [2.75, 3.05) is 11.9 Å². The molecule has 0 aliphatic carbocycles. The number of carbonyl (C=O) groups is 1. The highest BCUT2D eigenvalue weighted by Gasteiger charge is 2.29. The van der Waals surface area contributed by atoms with Crippen molar-refractivity contribution in [1.29, 1.82) is 5.26 Å². The van der Waals surface area contributed by atoms with Gasteiger partial charge in [-0.25, -0.2) is 0 Å². The van der Waals surface area contributed by atoms with Crippen molar-refractivity contribution in [2.45, 2.75) is 33.2 Å². The number of carbonyl (C=O) groups excluding carboxylic acids is 1. The van der Waals surface area contributed by atoms with E-state index in [-0.39, 0.29) is 18.4 Å². The Hall–Kier alpha value is -1.73. The number of rotatable bonds is 5. The lowest BCUT2D eigenvalue weighted by atomic mass is 9.90. The van der Waals surface area contributed by atoms with Crippen LogP contribution in [0.4, 0.5) is 5.69 Å². The largest absolute Gasteiger partial charge is 0.376 e. The quantitative estimate of drug-likeness (QED) is 0.876. The first-order valence-electron chi connectivity index (χ1n) is 6.51. The lowest BCUT2D eigenvalue weighted by Gasteiger charge is -2.27. The molecular formula is C15H20ClN3O. The van der Waals surface area contributed by atoms with Gasteiger partial charge in [0.25, 0.3) is 0 Å². The molecule has 20 heavy (non-hydrogen) atoms. The van der Waals surface area contributed by atoms with Gasteiger partial charge in [0.1, 0.15) is 5.54 Å². The van der Waals surface area contributed by atoms with Gasteiger partial charge >= 0.3 is 0 Å². The molecule has 1 atom stereocenters. The Kier molecular flexibility index (Phi) is 5.41. The Bertz CT molecular complexity index is 536. The molecule has 4 nitrogen and oxygen atoms in total. The number of nitriles is 1. The number of hydrogen-bond donors (Lipinski definition) is 2. The van der Waals surface area contributed by atoms with Crippen LogP contribution in [0.2, 0.25) is 5.02 Å². The highest BCUT2D eigenvalue weighted by atomic mass is 35.5. The summed E-state index contributed by atoms with van der Waals surface area (Å²) in [6.45, 7) is 7.51. The molecule has 1 aromatic carbocycles. The predicted molar refractivity (Wildman–Crippen MR) is 81.7 cm³/mol. The summed E-state index contributed by atoms with van der Waals surface area (Å²) in [6.07, 6.45) is 0. The SMILES string of the molecule is Cc1c(Cl)cccc1NCC(=O)NC(C)(C#N)C(C)C. The van der Waals surface area contributed by atoms with Crippen molar-refractivity contribution in [3.05, 3.63) is 28.8 Å². The second kappa shape index (κ2) is 6.62. The molecule has 0 bridgehead atoms. The van der Waals surface area contributed by atoms with E-state index in [2.05, 4.69) is 16.7 Å². The maximum Gasteiger partial charge on any atom is 0.240 e. The normalized spacial score (nSPS) is 13.4. The molecule has 0 aliphatic rings. The first kappa shape index (κ1) is 16.3. The van der Waals surface area contributed by atoms with Gasteiger partial charge in [-0.2, -0.15) is 5.26 Å². The third-order valence-electron chi connectivity index (χ3n) is 3.49. The number of halogens is 1. The van der Waals surface area contributed by atoms with E-state index in [9.17, 15) is 4.79 Å². The van der Waals surface area contributed by atoms with Crippen LogP contribution in [0, 0.1) is 24.2 Å². The van der Waals surface area contributed by atoms with Crippen molar-refractivity contribution in [2.24, 2.45) is 5.92 Å². The van der Waals surface area contributed by atoms with Crippen molar-refractivity contribution in [3.63, 3.8) is 0 Å². The molecule has 1 unspecified atom stereocenters. The predicted octanol–water partition coefficient (Wildman–Crippen LogP) is 3.11. The Labute approximate surface area is 125 Å². The Morgan fingerprint density at radius 2 is 2.15 bits per heavy atom. The minimum absolute atomic E-state index is 0.0318. The smallest absolute Gasteiger partial charge is 0.240 e. The third-order valence-corrected chi connectivity index (χ3v) is 3.90. The van der Waals surface area contributed by atoms with Crippen LogP contribution in [-0.4, -0.2) is 18.0 Å². The van der Waals surface area contributed by atoms with E-state index in [0.29, 0.717) is 5.02 Å². The number of hydrogen-bond acceptors (Lipinski definition) is 3. The molecule has 0 radical (unpaired) electrons. The minimum Gasteiger partial charge on any atom is -0.376 e. The maximum atomic E-state index is 11.9. The van der Waals surface area contributed by atoms with Crippen LogP contribution in [0.25, 0.3) is 0 Å². The minimum atomic E-state index is -0.859. The van der Waals surface area contributed by atoms with Crippen LogP contribution >= 0.6 is 11.6 Å². The van der Waals surface area contributed by atoms with Crippen molar-refractivity contribution in [3.8, 4) is 6.07 Å². The van der Waals surface area contributed by atoms with Gasteiger partial charge in [0.05, 0.1) is 12.6 Å². The molecular weight excluding hydrogens is 274 g/mol. The van der Waals surface area contributed by atoms with E-state index < -0.39 is 5.54 Å². The van der Waals surface area contributed by atoms with Crippen molar-refractivity contribution in [1.82, 2.24) is 5.32 Å². The molecule has 108 valence electrons. The van der Waals surface area contributed by atoms with Crippen LogP contribution in [0.5, 0.6) is 0 Å². The van der Waals surface area contributed by atoms with Crippen LogP contribution in [0.1, 0.15) is 26.3 Å². The molecule has 0 saturated carbocycles. The van der Waals surface area contributed by atoms with Crippen molar-refractivity contribution < 1.29 is 4.79 Å². The zero-order valence-electron chi connectivity index (χ0n) is 12.2. The fourth-order valence-electron chi connectivity index (χ4n) is 1.61. The number of amides is 1. The number of nitrogens with zero attached hydrogens (tertiary/aromatic N) is 1. The summed E-state index contributed by atoms with van der Waals surface area (Å²) in [5, 5.41) is 15.6. The molecule has 1 aromatic rings. The van der Waals surface area contributed by atoms with E-state index in [1.54, 1.807) is 13.0 Å². The Morgan fingerprint density at radius 3 is 2.70 bits per heavy atom. The summed E-state index contributed by atoms with van der Waals surface area (Å²) in [5.41, 5.74) is 0.854. The zero-order chi connectivity index (χ0) is 15.3. The van der Waals surface area contributed by atoms with Gasteiger partial charge in [0, 0.05) is 10.7 Å². The summed E-state index contributed by atoms with van der Waals surface area (Å²) in [6, 6.07) is 7.63. The van der Waals surface area contributed by atoms with E-state index in [0.717, 1.165) is 11.3 Å². The third kappa shape index (κ3) is 3.88. The first-order chi connectivity index (χ1) is 9.30. The van der Waals surface area contributed by atoms with Crippen LogP contribution in [-0.2, 0) is 4.79 Å². The summed E-state index contributed by atoms with van der Waals surface area (Å²) in [5.74, 6) is -0.188. The topological polar surface area (TPSA) is 64.9 Å². The summed E-state index contributed by atoms with van der Waals surface area (Å²) in [4.78, 5) is 11.9. The molecule has 0 fully saturated rings. The van der Waals surface area contributed by atoms with E-state index in [1.807, 2.05) is 32.9 Å². The van der Waals surface area contributed by atoms with Crippen LogP contribution in [0.3, 0.4) is 0 Å². The Balaban J connectivity index is 2.65. The van der Waals surface area contributed by atoms with Crippen LogP contribution < -0.4 is 10.6 Å². The molecule has 0 saturated heterocycles. The summed E-state index contributed by atoms with van der Waals surface area (Å²) < 4.78 is 0. The molecule has 1 rings (SSSR count).